The van der Waals surface area contributed by atoms with Gasteiger partial charge in [0.15, 0.2) is 0 Å². The molecule has 0 radical (unpaired) electrons. The van der Waals surface area contributed by atoms with Crippen molar-refractivity contribution in [3.63, 3.8) is 0 Å². The first-order valence-electron chi connectivity index (χ1n) is 8.88. The van der Waals surface area contributed by atoms with Crippen molar-refractivity contribution in [2.24, 2.45) is 5.16 Å². The third-order valence-electron chi connectivity index (χ3n) is 5.16. The highest BCUT2D eigenvalue weighted by atomic mass is 19.1. The number of rotatable bonds is 4. The molecule has 0 saturated heterocycles. The van der Waals surface area contributed by atoms with E-state index in [1.165, 1.54) is 35.4 Å². The van der Waals surface area contributed by atoms with E-state index in [9.17, 15) is 14.4 Å². The van der Waals surface area contributed by atoms with E-state index in [1.54, 1.807) is 0 Å². The fraction of sp³-hybridized carbons (Fsp3) is 0.273. The van der Waals surface area contributed by atoms with Gasteiger partial charge >= 0.3 is 5.97 Å². The number of carboxylic acid groups (broad SMARTS) is 1. The molecule has 0 atom stereocenters. The van der Waals surface area contributed by atoms with Crippen LogP contribution in [0.25, 0.3) is 6.08 Å². The van der Waals surface area contributed by atoms with Crippen molar-refractivity contribution < 1.29 is 19.5 Å². The Morgan fingerprint density at radius 1 is 1.19 bits per heavy atom. The minimum atomic E-state index is -1.18. The van der Waals surface area contributed by atoms with Gasteiger partial charge in [0.05, 0.1) is 5.56 Å². The Morgan fingerprint density at radius 3 is 2.59 bits per heavy atom. The Balaban J connectivity index is 1.91. The SMILES string of the molecule is CC1(C)CCCc2ccc(C(C=Cc3ccc(C(=O)O)cc3F)=NO)cc21. The van der Waals surface area contributed by atoms with Crippen LogP contribution in [0.5, 0.6) is 0 Å². The fourth-order valence-corrected chi connectivity index (χ4v) is 3.59. The summed E-state index contributed by atoms with van der Waals surface area (Å²) in [5, 5.41) is 21.7. The molecule has 0 heterocycles. The Morgan fingerprint density at radius 2 is 1.93 bits per heavy atom. The highest BCUT2D eigenvalue weighted by molar-refractivity contribution is 6.10. The molecule has 2 aromatic carbocycles. The molecule has 4 nitrogen and oxygen atoms in total. The number of hydrogen-bond acceptors (Lipinski definition) is 3. The van der Waals surface area contributed by atoms with E-state index >= 15 is 0 Å². The summed E-state index contributed by atoms with van der Waals surface area (Å²) >= 11 is 0. The molecule has 0 bridgehead atoms. The van der Waals surface area contributed by atoms with E-state index < -0.39 is 11.8 Å². The van der Waals surface area contributed by atoms with E-state index in [1.807, 2.05) is 12.1 Å². The van der Waals surface area contributed by atoms with Gasteiger partial charge in [-0.1, -0.05) is 37.2 Å². The lowest BCUT2D eigenvalue weighted by molar-refractivity contribution is 0.0696. The number of allylic oxidation sites excluding steroid dienone is 1. The zero-order chi connectivity index (χ0) is 19.6. The van der Waals surface area contributed by atoms with E-state index in [0.29, 0.717) is 5.71 Å². The van der Waals surface area contributed by atoms with Crippen LogP contribution >= 0.6 is 0 Å². The van der Waals surface area contributed by atoms with Gasteiger partial charge in [-0.05, 0) is 66.2 Å². The largest absolute Gasteiger partial charge is 0.478 e. The summed E-state index contributed by atoms with van der Waals surface area (Å²) in [6, 6.07) is 9.70. The smallest absolute Gasteiger partial charge is 0.335 e. The number of hydrogen-bond donors (Lipinski definition) is 2. The van der Waals surface area contributed by atoms with Crippen molar-refractivity contribution in [1.29, 1.82) is 0 Å². The standard InChI is InChI=1S/C22H22FNO3/c1-22(2)11-3-4-14-5-7-16(12-18(14)22)20(24-27)10-9-15-6-8-17(21(25)26)13-19(15)23/h5-10,12-13,27H,3-4,11H2,1-2H3,(H,25,26). The molecule has 0 amide bonds. The Labute approximate surface area is 157 Å². The number of carbonyl (C=O) groups is 1. The lowest BCUT2D eigenvalue weighted by Crippen LogP contribution is -2.24. The van der Waals surface area contributed by atoms with Crippen LogP contribution in [0.2, 0.25) is 0 Å². The van der Waals surface area contributed by atoms with Crippen LogP contribution < -0.4 is 0 Å². The minimum absolute atomic E-state index is 0.0621. The summed E-state index contributed by atoms with van der Waals surface area (Å²) in [6.45, 7) is 4.42. The van der Waals surface area contributed by atoms with Crippen molar-refractivity contribution in [3.8, 4) is 0 Å². The van der Waals surface area contributed by atoms with E-state index in [4.69, 9.17) is 5.11 Å². The topological polar surface area (TPSA) is 69.9 Å². The van der Waals surface area contributed by atoms with Crippen LogP contribution in [0.4, 0.5) is 4.39 Å². The molecule has 1 aliphatic carbocycles. The first kappa shape index (κ1) is 18.8. The summed E-state index contributed by atoms with van der Waals surface area (Å²) in [6.07, 6.45) is 6.30. The molecule has 0 saturated carbocycles. The fourth-order valence-electron chi connectivity index (χ4n) is 3.59. The summed E-state index contributed by atoms with van der Waals surface area (Å²) in [7, 11) is 0. The summed E-state index contributed by atoms with van der Waals surface area (Å²) in [5.74, 6) is -1.83. The first-order valence-corrected chi connectivity index (χ1v) is 8.88. The third kappa shape index (κ3) is 3.92. The van der Waals surface area contributed by atoms with Gasteiger partial charge < -0.3 is 10.3 Å². The second-order valence-electron chi connectivity index (χ2n) is 7.47. The molecule has 0 spiro atoms. The molecule has 2 aromatic rings. The number of oxime groups is 1. The second-order valence-corrected chi connectivity index (χ2v) is 7.47. The maximum Gasteiger partial charge on any atom is 0.335 e. The number of nitrogens with zero attached hydrogens (tertiary/aromatic N) is 1. The number of halogens is 1. The number of aromatic carboxylic acids is 1. The monoisotopic (exact) mass is 367 g/mol. The number of benzene rings is 2. The Kier molecular flexibility index (Phi) is 5.13. The third-order valence-corrected chi connectivity index (χ3v) is 5.16. The van der Waals surface area contributed by atoms with Crippen molar-refractivity contribution in [3.05, 3.63) is 76.1 Å². The Hall–Kier alpha value is -2.95. The first-order chi connectivity index (χ1) is 12.8. The van der Waals surface area contributed by atoms with Gasteiger partial charge in [-0.25, -0.2) is 9.18 Å². The van der Waals surface area contributed by atoms with Crippen molar-refractivity contribution in [2.75, 3.05) is 0 Å². The van der Waals surface area contributed by atoms with E-state index in [-0.39, 0.29) is 16.5 Å². The van der Waals surface area contributed by atoms with Crippen LogP contribution in [0.1, 0.15) is 59.3 Å². The van der Waals surface area contributed by atoms with Crippen LogP contribution in [0.3, 0.4) is 0 Å². The van der Waals surface area contributed by atoms with Gasteiger partial charge in [-0.3, -0.25) is 0 Å². The molecule has 3 rings (SSSR count). The Bertz CT molecular complexity index is 945. The van der Waals surface area contributed by atoms with Gasteiger partial charge in [-0.15, -0.1) is 0 Å². The van der Waals surface area contributed by atoms with Crippen molar-refractivity contribution in [1.82, 2.24) is 0 Å². The van der Waals surface area contributed by atoms with Gasteiger partial charge in [-0.2, -0.15) is 0 Å². The number of fused-ring (bicyclic) bond motifs is 1. The van der Waals surface area contributed by atoms with Gasteiger partial charge in [0.2, 0.25) is 0 Å². The predicted molar refractivity (Wildman–Crippen MR) is 103 cm³/mol. The van der Waals surface area contributed by atoms with E-state index in [2.05, 4.69) is 25.1 Å². The predicted octanol–water partition coefficient (Wildman–Crippen LogP) is 5.03. The molecule has 0 aromatic heterocycles. The maximum absolute atomic E-state index is 14.1. The van der Waals surface area contributed by atoms with Gasteiger partial charge in [0, 0.05) is 11.1 Å². The van der Waals surface area contributed by atoms with E-state index in [0.717, 1.165) is 30.9 Å². The quantitative estimate of drug-likeness (QED) is 0.452. The summed E-state index contributed by atoms with van der Waals surface area (Å²) < 4.78 is 14.1. The highest BCUT2D eigenvalue weighted by Gasteiger charge is 2.27. The van der Waals surface area contributed by atoms with Crippen LogP contribution in [0, 0.1) is 5.82 Å². The highest BCUT2D eigenvalue weighted by Crippen LogP contribution is 2.37. The molecule has 0 unspecified atom stereocenters. The molecule has 0 aliphatic heterocycles. The zero-order valence-corrected chi connectivity index (χ0v) is 15.4. The second kappa shape index (κ2) is 7.35. The molecule has 1 aliphatic rings. The van der Waals surface area contributed by atoms with Crippen LogP contribution in [-0.4, -0.2) is 22.0 Å². The average molecular weight is 367 g/mol. The van der Waals surface area contributed by atoms with Crippen LogP contribution in [0.15, 0.2) is 47.6 Å². The lowest BCUT2D eigenvalue weighted by Gasteiger charge is -2.33. The van der Waals surface area contributed by atoms with Gasteiger partial charge in [0.25, 0.3) is 0 Å². The number of carboxylic acids is 1. The summed E-state index contributed by atoms with van der Waals surface area (Å²) in [4.78, 5) is 10.9. The van der Waals surface area contributed by atoms with Gasteiger partial charge in [0.1, 0.15) is 11.5 Å². The van der Waals surface area contributed by atoms with Crippen molar-refractivity contribution in [2.45, 2.75) is 38.5 Å². The lowest BCUT2D eigenvalue weighted by atomic mass is 9.72. The van der Waals surface area contributed by atoms with Crippen LogP contribution in [-0.2, 0) is 11.8 Å². The average Bonchev–Trinajstić information content (AvgIpc) is 2.63. The summed E-state index contributed by atoms with van der Waals surface area (Å²) in [5.41, 5.74) is 3.81. The molecule has 2 N–H and O–H groups in total. The zero-order valence-electron chi connectivity index (χ0n) is 15.4. The minimum Gasteiger partial charge on any atom is -0.478 e. The molecular formula is C22H22FNO3. The molecule has 5 heteroatoms. The normalized spacial score (nSPS) is 16.3. The maximum atomic E-state index is 14.1. The van der Waals surface area contributed by atoms with Crippen molar-refractivity contribution >= 4 is 17.8 Å². The number of aryl methyl sites for hydroxylation is 1. The molecular weight excluding hydrogens is 345 g/mol. The molecule has 140 valence electrons. The molecule has 27 heavy (non-hydrogen) atoms. The molecule has 0 fully saturated rings.